The van der Waals surface area contributed by atoms with Gasteiger partial charge >= 0.3 is 0 Å². The molecule has 1 aliphatic rings. The fraction of sp³-hybridized carbons (Fsp3) is 0.607. The number of likely N-dealkylation sites (N-methyl/N-ethyl adjacent to an activating group) is 1. The highest BCUT2D eigenvalue weighted by molar-refractivity contribution is 5.79. The van der Waals surface area contributed by atoms with Gasteiger partial charge in [0.25, 0.3) is 5.56 Å². The third kappa shape index (κ3) is 7.95. The van der Waals surface area contributed by atoms with Crippen LogP contribution in [0, 0.1) is 5.92 Å². The predicted molar refractivity (Wildman–Crippen MR) is 147 cm³/mol. The Bertz CT molecular complexity index is 1060. The molecule has 1 aromatic heterocycles. The number of H-pyrrole nitrogens is 1. The van der Waals surface area contributed by atoms with Gasteiger partial charge in [-0.2, -0.15) is 0 Å². The van der Waals surface area contributed by atoms with Crippen LogP contribution in [-0.4, -0.2) is 79.7 Å². The number of ether oxygens (including phenoxy) is 2. The van der Waals surface area contributed by atoms with E-state index in [0.29, 0.717) is 44.4 Å². The Balaban J connectivity index is 1.56. The molecule has 9 heteroatoms. The Morgan fingerprint density at radius 2 is 1.84 bits per heavy atom. The Labute approximate surface area is 220 Å². The Morgan fingerprint density at radius 1 is 1.11 bits per heavy atom. The van der Waals surface area contributed by atoms with Crippen LogP contribution in [0.25, 0.3) is 0 Å². The molecule has 0 unspecified atom stereocenters. The molecule has 1 N–H and O–H groups in total. The molecule has 1 amide bonds. The van der Waals surface area contributed by atoms with E-state index >= 15 is 0 Å². The molecule has 0 aliphatic carbocycles. The number of amides is 1. The molecule has 9 nitrogen and oxygen atoms in total. The Kier molecular flexibility index (Phi) is 10.8. The number of rotatable bonds is 13. The number of anilines is 1. The molecule has 2 heterocycles. The fourth-order valence-electron chi connectivity index (χ4n) is 4.79. The summed E-state index contributed by atoms with van der Waals surface area (Å²) in [6.07, 6.45) is 4.88. The third-order valence-electron chi connectivity index (χ3n) is 7.08. The summed E-state index contributed by atoms with van der Waals surface area (Å²) in [5.74, 6) is 2.40. The number of hydrogen-bond donors (Lipinski definition) is 1. The second-order valence-corrected chi connectivity index (χ2v) is 9.80. The van der Waals surface area contributed by atoms with Crippen molar-refractivity contribution in [3.8, 4) is 11.5 Å². The average Bonchev–Trinajstić information content (AvgIpc) is 2.91. The highest BCUT2D eigenvalue weighted by Gasteiger charge is 2.27. The lowest BCUT2D eigenvalue weighted by atomic mass is 9.97. The summed E-state index contributed by atoms with van der Waals surface area (Å²) in [5, 5.41) is 0. The molecule has 0 spiro atoms. The fourth-order valence-corrected chi connectivity index (χ4v) is 4.79. The van der Waals surface area contributed by atoms with Gasteiger partial charge in [0.1, 0.15) is 0 Å². The lowest BCUT2D eigenvalue weighted by molar-refractivity contribution is -0.136. The molecular formula is C28H43N5O4. The van der Waals surface area contributed by atoms with Gasteiger partial charge in [0.15, 0.2) is 11.5 Å². The van der Waals surface area contributed by atoms with Crippen molar-refractivity contribution in [1.29, 1.82) is 0 Å². The molecule has 1 saturated heterocycles. The van der Waals surface area contributed by atoms with Crippen LogP contribution < -0.4 is 19.9 Å². The van der Waals surface area contributed by atoms with Gasteiger partial charge in [0.2, 0.25) is 11.9 Å². The number of benzene rings is 1. The molecule has 1 atom stereocenters. The topological polar surface area (TPSA) is 91.0 Å². The van der Waals surface area contributed by atoms with Crippen LogP contribution in [-0.2, 0) is 17.8 Å². The summed E-state index contributed by atoms with van der Waals surface area (Å²) in [7, 11) is 5.29. The van der Waals surface area contributed by atoms with Crippen LogP contribution in [0.15, 0.2) is 29.1 Å². The molecule has 204 valence electrons. The lowest BCUT2D eigenvalue weighted by Gasteiger charge is -2.36. The number of carbonyl (C=O) groups is 1. The molecular weight excluding hydrogens is 470 g/mol. The second kappa shape index (κ2) is 14.0. The monoisotopic (exact) mass is 513 g/mol. The summed E-state index contributed by atoms with van der Waals surface area (Å²) in [6.45, 7) is 8.26. The van der Waals surface area contributed by atoms with Crippen molar-refractivity contribution in [3.63, 3.8) is 0 Å². The first-order valence-electron chi connectivity index (χ1n) is 13.4. The SMILES string of the molecule is CCCC[C@@H](CC)C(=O)N1CCN(c2nc(CN(C)CCc3ccc(OC)c(OC)c3)cc(=O)[nH]2)CC1. The van der Waals surface area contributed by atoms with Crippen molar-refractivity contribution >= 4 is 11.9 Å². The number of aromatic nitrogens is 2. The van der Waals surface area contributed by atoms with Crippen LogP contribution in [0.1, 0.15) is 50.8 Å². The standard InChI is InChI=1S/C28H43N5O4/c1-6-8-9-22(7-2)27(35)32-14-16-33(17-15-32)28-29-23(19-26(34)30-28)20-31(3)13-12-21-10-11-24(36-4)25(18-21)37-5/h10-11,18-19,22H,6-9,12-17,20H2,1-5H3,(H,29,30,34)/t22-/m1/s1. The average molecular weight is 514 g/mol. The van der Waals surface area contributed by atoms with Gasteiger partial charge in [-0.25, -0.2) is 4.98 Å². The number of piperazine rings is 1. The van der Waals surface area contributed by atoms with Crippen molar-refractivity contribution in [2.75, 3.05) is 58.9 Å². The summed E-state index contributed by atoms with van der Waals surface area (Å²) in [4.78, 5) is 39.2. The molecule has 1 aromatic carbocycles. The maximum atomic E-state index is 13.0. The van der Waals surface area contributed by atoms with Crippen molar-refractivity contribution < 1.29 is 14.3 Å². The number of hydrogen-bond acceptors (Lipinski definition) is 7. The third-order valence-corrected chi connectivity index (χ3v) is 7.08. The zero-order chi connectivity index (χ0) is 26.8. The maximum absolute atomic E-state index is 13.0. The molecule has 3 rings (SSSR count). The first kappa shape index (κ1) is 28.5. The van der Waals surface area contributed by atoms with Crippen LogP contribution in [0.5, 0.6) is 11.5 Å². The van der Waals surface area contributed by atoms with Crippen LogP contribution in [0.2, 0.25) is 0 Å². The number of carbonyl (C=O) groups excluding carboxylic acids is 1. The van der Waals surface area contributed by atoms with Gasteiger partial charge in [-0.1, -0.05) is 32.8 Å². The van der Waals surface area contributed by atoms with E-state index in [9.17, 15) is 9.59 Å². The number of nitrogens with zero attached hydrogens (tertiary/aromatic N) is 4. The first-order valence-corrected chi connectivity index (χ1v) is 13.4. The number of aromatic amines is 1. The van der Waals surface area contributed by atoms with E-state index in [0.717, 1.165) is 55.7 Å². The van der Waals surface area contributed by atoms with E-state index in [2.05, 4.69) is 28.6 Å². The predicted octanol–water partition coefficient (Wildman–Crippen LogP) is 3.33. The highest BCUT2D eigenvalue weighted by Crippen LogP contribution is 2.27. The van der Waals surface area contributed by atoms with Crippen molar-refractivity contribution in [1.82, 2.24) is 19.8 Å². The molecule has 1 fully saturated rings. The normalized spacial score (nSPS) is 14.6. The summed E-state index contributed by atoms with van der Waals surface area (Å²) >= 11 is 0. The Morgan fingerprint density at radius 3 is 2.49 bits per heavy atom. The zero-order valence-electron chi connectivity index (χ0n) is 23.1. The zero-order valence-corrected chi connectivity index (χ0v) is 23.1. The summed E-state index contributed by atoms with van der Waals surface area (Å²) < 4.78 is 10.7. The van der Waals surface area contributed by atoms with Crippen LogP contribution in [0.3, 0.4) is 0 Å². The van der Waals surface area contributed by atoms with E-state index in [1.54, 1.807) is 20.3 Å². The lowest BCUT2D eigenvalue weighted by Crippen LogP contribution is -2.51. The number of methoxy groups -OCH3 is 2. The summed E-state index contributed by atoms with van der Waals surface area (Å²) in [5.41, 5.74) is 1.73. The van der Waals surface area contributed by atoms with E-state index in [1.807, 2.05) is 30.1 Å². The minimum Gasteiger partial charge on any atom is -0.493 e. The van der Waals surface area contributed by atoms with E-state index < -0.39 is 0 Å². The van der Waals surface area contributed by atoms with Gasteiger partial charge in [0, 0.05) is 51.3 Å². The first-order chi connectivity index (χ1) is 17.9. The number of nitrogens with one attached hydrogen (secondary N) is 1. The van der Waals surface area contributed by atoms with E-state index in [4.69, 9.17) is 14.5 Å². The van der Waals surface area contributed by atoms with Gasteiger partial charge in [-0.05, 0) is 44.0 Å². The van der Waals surface area contributed by atoms with Crippen molar-refractivity contribution in [2.45, 2.75) is 52.5 Å². The van der Waals surface area contributed by atoms with Gasteiger partial charge in [-0.3, -0.25) is 14.6 Å². The minimum absolute atomic E-state index is 0.113. The van der Waals surface area contributed by atoms with Gasteiger partial charge in [-0.15, -0.1) is 0 Å². The second-order valence-electron chi connectivity index (χ2n) is 9.80. The minimum atomic E-state index is -0.155. The Hall–Kier alpha value is -3.07. The highest BCUT2D eigenvalue weighted by atomic mass is 16.5. The van der Waals surface area contributed by atoms with Gasteiger partial charge in [0.05, 0.1) is 19.9 Å². The van der Waals surface area contributed by atoms with Crippen molar-refractivity contribution in [3.05, 3.63) is 45.9 Å². The maximum Gasteiger partial charge on any atom is 0.252 e. The van der Waals surface area contributed by atoms with Crippen molar-refractivity contribution in [2.24, 2.45) is 5.92 Å². The molecule has 0 radical (unpaired) electrons. The smallest absolute Gasteiger partial charge is 0.252 e. The molecule has 1 aliphatic heterocycles. The number of unbranched alkanes of at least 4 members (excludes halogenated alkanes) is 1. The van der Waals surface area contributed by atoms with Gasteiger partial charge < -0.3 is 24.2 Å². The van der Waals surface area contributed by atoms with Crippen LogP contribution in [0.4, 0.5) is 5.95 Å². The quantitative estimate of drug-likeness (QED) is 0.439. The molecule has 2 aromatic rings. The molecule has 0 bridgehead atoms. The van der Waals surface area contributed by atoms with E-state index in [-0.39, 0.29) is 17.4 Å². The molecule has 37 heavy (non-hydrogen) atoms. The molecule has 0 saturated carbocycles. The van der Waals surface area contributed by atoms with E-state index in [1.165, 1.54) is 0 Å². The largest absolute Gasteiger partial charge is 0.493 e. The summed E-state index contributed by atoms with van der Waals surface area (Å²) in [6, 6.07) is 7.51. The van der Waals surface area contributed by atoms with Crippen LogP contribution >= 0.6 is 0 Å².